The van der Waals surface area contributed by atoms with Gasteiger partial charge in [-0.2, -0.15) is 11.3 Å². The van der Waals surface area contributed by atoms with E-state index in [9.17, 15) is 4.79 Å². The fraction of sp³-hybridized carbons (Fsp3) is 0.200. The Balaban J connectivity index is 2.09. The average Bonchev–Trinajstić information content (AvgIpc) is 3.16. The summed E-state index contributed by atoms with van der Waals surface area (Å²) in [5, 5.41) is 4.69. The van der Waals surface area contributed by atoms with Crippen LogP contribution in [0.5, 0.6) is 0 Å². The van der Waals surface area contributed by atoms with Crippen LogP contribution in [0, 0.1) is 0 Å². The average molecular weight is 371 g/mol. The Morgan fingerprint density at radius 1 is 1.28 bits per heavy atom. The van der Waals surface area contributed by atoms with Crippen molar-refractivity contribution in [3.8, 4) is 11.1 Å². The molecule has 1 aromatic heterocycles. The van der Waals surface area contributed by atoms with E-state index in [2.05, 4.69) is 16.4 Å². The largest absolute Gasteiger partial charge is 0.293 e. The molecule has 0 saturated heterocycles. The van der Waals surface area contributed by atoms with Crippen LogP contribution in [0.25, 0.3) is 16.7 Å². The van der Waals surface area contributed by atoms with Gasteiger partial charge in [-0.05, 0) is 53.9 Å². The van der Waals surface area contributed by atoms with Crippen LogP contribution in [0.4, 0.5) is 0 Å². The molecule has 0 radical (unpaired) electrons. The van der Waals surface area contributed by atoms with Crippen LogP contribution in [0.1, 0.15) is 19.4 Å². The number of benzene rings is 1. The van der Waals surface area contributed by atoms with E-state index in [4.69, 9.17) is 11.6 Å². The van der Waals surface area contributed by atoms with E-state index in [1.807, 2.05) is 49.6 Å². The summed E-state index contributed by atoms with van der Waals surface area (Å²) < 4.78 is 0. The molecule has 3 nitrogen and oxygen atoms in total. The number of allylic oxidation sites excluding steroid dienone is 1. The van der Waals surface area contributed by atoms with Gasteiger partial charge in [-0.3, -0.25) is 14.7 Å². The molecule has 1 aromatic carbocycles. The molecule has 2 heterocycles. The number of hydrogen-bond acceptors (Lipinski definition) is 3. The molecule has 0 bridgehead atoms. The Morgan fingerprint density at radius 2 is 2.08 bits per heavy atom. The molecule has 0 fully saturated rings. The molecule has 0 saturated carbocycles. The first-order valence-electron chi connectivity index (χ1n) is 8.10. The predicted molar refractivity (Wildman–Crippen MR) is 107 cm³/mol. The quantitative estimate of drug-likeness (QED) is 0.722. The number of carbonyl (C=O) groups is 1. The van der Waals surface area contributed by atoms with Crippen LogP contribution < -0.4 is 0 Å². The molecule has 5 heteroatoms. The van der Waals surface area contributed by atoms with Crippen LogP contribution in [0.3, 0.4) is 0 Å². The maximum Gasteiger partial charge on any atom is 0.260 e. The van der Waals surface area contributed by atoms with Gasteiger partial charge in [0.05, 0.1) is 0 Å². The first-order valence-corrected chi connectivity index (χ1v) is 9.42. The number of aliphatic imine (C=N–C) groups is 1. The zero-order chi connectivity index (χ0) is 18.0. The third-order valence-electron chi connectivity index (χ3n) is 4.24. The molecule has 3 rings (SSSR count). The van der Waals surface area contributed by atoms with Crippen LogP contribution in [0.2, 0.25) is 5.02 Å². The summed E-state index contributed by atoms with van der Waals surface area (Å²) in [6.45, 7) is 4.45. The minimum atomic E-state index is -0.0705. The number of nitrogens with zero attached hydrogens (tertiary/aromatic N) is 2. The third kappa shape index (κ3) is 3.20. The van der Waals surface area contributed by atoms with Gasteiger partial charge in [-0.25, -0.2) is 0 Å². The zero-order valence-electron chi connectivity index (χ0n) is 14.4. The molecule has 0 N–H and O–H groups in total. The highest BCUT2D eigenvalue weighted by Gasteiger charge is 2.30. The standard InChI is InChI=1S/C20H19ClN2OS/c1-4-13-10-17(20(24)23(5-2)19(13)22-3)16-7-6-14(11-18(16)21)15-8-9-25-12-15/h4,6-12H,5H2,1-3H3/b13-4-,22-19?. The number of amides is 1. The minimum Gasteiger partial charge on any atom is -0.293 e. The third-order valence-corrected chi connectivity index (χ3v) is 5.24. The van der Waals surface area contributed by atoms with Gasteiger partial charge in [0.15, 0.2) is 0 Å². The molecule has 0 atom stereocenters. The Labute approximate surface area is 157 Å². The number of thiophene rings is 1. The van der Waals surface area contributed by atoms with Gasteiger partial charge in [-0.15, -0.1) is 0 Å². The second-order valence-corrected chi connectivity index (χ2v) is 6.79. The van der Waals surface area contributed by atoms with E-state index < -0.39 is 0 Å². The van der Waals surface area contributed by atoms with Gasteiger partial charge in [0.25, 0.3) is 5.91 Å². The van der Waals surface area contributed by atoms with Crippen LogP contribution >= 0.6 is 22.9 Å². The highest BCUT2D eigenvalue weighted by molar-refractivity contribution is 7.08. The molecule has 1 amide bonds. The number of hydrogen-bond donors (Lipinski definition) is 0. The SMILES string of the molecule is C/C=C1/C=C(c2ccc(-c3ccsc3)cc2Cl)C(=O)N(CC)C1=NC. The van der Waals surface area contributed by atoms with Crippen LogP contribution in [-0.2, 0) is 4.79 Å². The molecular formula is C20H19ClN2OS. The molecule has 128 valence electrons. The molecule has 1 aliphatic heterocycles. The Hall–Kier alpha value is -2.17. The van der Waals surface area contributed by atoms with Crippen molar-refractivity contribution in [3.05, 3.63) is 63.3 Å². The van der Waals surface area contributed by atoms with Crippen molar-refractivity contribution < 1.29 is 4.79 Å². The molecule has 1 aliphatic rings. The zero-order valence-corrected chi connectivity index (χ0v) is 16.0. The summed E-state index contributed by atoms with van der Waals surface area (Å²) in [4.78, 5) is 18.9. The van der Waals surface area contributed by atoms with Crippen LogP contribution in [-0.4, -0.2) is 30.2 Å². The van der Waals surface area contributed by atoms with Crippen molar-refractivity contribution in [1.82, 2.24) is 4.90 Å². The lowest BCUT2D eigenvalue weighted by atomic mass is 9.95. The highest BCUT2D eigenvalue weighted by atomic mass is 35.5. The minimum absolute atomic E-state index is 0.0705. The van der Waals surface area contributed by atoms with E-state index in [0.29, 0.717) is 23.0 Å². The first kappa shape index (κ1) is 17.6. The van der Waals surface area contributed by atoms with Gasteiger partial charge in [0, 0.05) is 35.3 Å². The molecule has 2 aromatic rings. The lowest BCUT2D eigenvalue weighted by molar-refractivity contribution is -0.121. The second kappa shape index (κ2) is 7.38. The summed E-state index contributed by atoms with van der Waals surface area (Å²) >= 11 is 8.19. The van der Waals surface area contributed by atoms with Crippen molar-refractivity contribution in [2.75, 3.05) is 13.6 Å². The molecule has 25 heavy (non-hydrogen) atoms. The number of amidine groups is 1. The van der Waals surface area contributed by atoms with Gasteiger partial charge in [0.2, 0.25) is 0 Å². The Morgan fingerprint density at radius 3 is 2.64 bits per heavy atom. The van der Waals surface area contributed by atoms with Crippen molar-refractivity contribution in [2.24, 2.45) is 4.99 Å². The Bertz CT molecular complexity index is 894. The molecular weight excluding hydrogens is 352 g/mol. The summed E-state index contributed by atoms with van der Waals surface area (Å²) in [5.41, 5.74) is 4.46. The highest BCUT2D eigenvalue weighted by Crippen LogP contribution is 2.34. The fourth-order valence-corrected chi connectivity index (χ4v) is 3.92. The summed E-state index contributed by atoms with van der Waals surface area (Å²) in [5.74, 6) is 0.628. The van der Waals surface area contributed by atoms with E-state index in [0.717, 1.165) is 22.3 Å². The molecule has 0 spiro atoms. The first-order chi connectivity index (χ1) is 12.1. The number of carbonyl (C=O) groups excluding carboxylic acids is 1. The van der Waals surface area contributed by atoms with Crippen molar-refractivity contribution in [3.63, 3.8) is 0 Å². The van der Waals surface area contributed by atoms with E-state index in [1.165, 1.54) is 0 Å². The molecule has 0 aliphatic carbocycles. The van der Waals surface area contributed by atoms with Crippen molar-refractivity contribution in [1.29, 1.82) is 0 Å². The number of halogens is 1. The van der Waals surface area contributed by atoms with Gasteiger partial charge < -0.3 is 0 Å². The topological polar surface area (TPSA) is 32.7 Å². The van der Waals surface area contributed by atoms with E-state index in [1.54, 1.807) is 23.3 Å². The van der Waals surface area contributed by atoms with Crippen molar-refractivity contribution >= 4 is 40.3 Å². The molecule has 0 unspecified atom stereocenters. The predicted octanol–water partition coefficient (Wildman–Crippen LogP) is 5.29. The monoisotopic (exact) mass is 370 g/mol. The number of rotatable bonds is 3. The van der Waals surface area contributed by atoms with Crippen LogP contribution in [0.15, 0.2) is 57.7 Å². The van der Waals surface area contributed by atoms with Gasteiger partial charge in [0.1, 0.15) is 5.84 Å². The smallest absolute Gasteiger partial charge is 0.260 e. The fourth-order valence-electron chi connectivity index (χ4n) is 2.97. The van der Waals surface area contributed by atoms with E-state index in [-0.39, 0.29) is 5.91 Å². The normalized spacial score (nSPS) is 18.2. The van der Waals surface area contributed by atoms with Crippen molar-refractivity contribution in [2.45, 2.75) is 13.8 Å². The second-order valence-electron chi connectivity index (χ2n) is 5.61. The lowest BCUT2D eigenvalue weighted by Gasteiger charge is -2.29. The van der Waals surface area contributed by atoms with Gasteiger partial charge >= 0.3 is 0 Å². The summed E-state index contributed by atoms with van der Waals surface area (Å²) in [6, 6.07) is 7.91. The summed E-state index contributed by atoms with van der Waals surface area (Å²) in [7, 11) is 1.70. The Kier molecular flexibility index (Phi) is 5.21. The summed E-state index contributed by atoms with van der Waals surface area (Å²) in [6.07, 6.45) is 3.84. The lowest BCUT2D eigenvalue weighted by Crippen LogP contribution is -2.41. The maximum atomic E-state index is 12.9. The maximum absolute atomic E-state index is 12.9. The van der Waals surface area contributed by atoms with E-state index >= 15 is 0 Å². The number of likely N-dealkylation sites (N-methyl/N-ethyl adjacent to an activating group) is 1. The van der Waals surface area contributed by atoms with Gasteiger partial charge in [-0.1, -0.05) is 29.8 Å².